The summed E-state index contributed by atoms with van der Waals surface area (Å²) in [7, 11) is 0. The molecular weight excluding hydrogens is 220 g/mol. The highest BCUT2D eigenvalue weighted by atomic mass is 16.3. The Labute approximate surface area is 98.4 Å². The molecule has 2 heterocycles. The summed E-state index contributed by atoms with van der Waals surface area (Å²) in [5.41, 5.74) is 2.54. The van der Waals surface area contributed by atoms with Crippen LogP contribution in [0.15, 0.2) is 29.1 Å². The molecule has 0 spiro atoms. The number of carbonyl (C=O) groups excluding carboxylic acids is 1. The topological polar surface area (TPSA) is 86.1 Å². The second-order valence-corrected chi connectivity index (χ2v) is 3.56. The number of furan rings is 1. The molecule has 90 valence electrons. The maximum atomic E-state index is 11.5. The number of aryl methyl sites for hydroxylation is 1. The molecule has 0 fully saturated rings. The van der Waals surface area contributed by atoms with Crippen LogP contribution in [0, 0.1) is 0 Å². The Hall–Kier alpha value is -2.08. The molecular formula is C11H14N4O2. The molecule has 0 aromatic carbocycles. The summed E-state index contributed by atoms with van der Waals surface area (Å²) in [5, 5.41) is 0. The summed E-state index contributed by atoms with van der Waals surface area (Å²) in [5.74, 6) is 6.26. The largest absolute Gasteiger partial charge is 0.467 e. The zero-order valence-electron chi connectivity index (χ0n) is 9.51. The van der Waals surface area contributed by atoms with Crippen LogP contribution in [0.25, 0.3) is 0 Å². The number of rotatable bonds is 4. The fourth-order valence-corrected chi connectivity index (χ4v) is 1.70. The normalized spacial score (nSPS) is 10.5. The Morgan fingerprint density at radius 2 is 2.47 bits per heavy atom. The molecule has 1 amide bonds. The van der Waals surface area contributed by atoms with Crippen LogP contribution in [-0.4, -0.2) is 15.5 Å². The van der Waals surface area contributed by atoms with Crippen LogP contribution >= 0.6 is 0 Å². The Balaban J connectivity index is 2.25. The molecule has 0 unspecified atom stereocenters. The smallest absolute Gasteiger partial charge is 0.268 e. The Morgan fingerprint density at radius 3 is 3.18 bits per heavy atom. The van der Waals surface area contributed by atoms with Gasteiger partial charge in [0.1, 0.15) is 11.6 Å². The Morgan fingerprint density at radius 1 is 1.65 bits per heavy atom. The van der Waals surface area contributed by atoms with Gasteiger partial charge in [0.15, 0.2) is 0 Å². The summed E-state index contributed by atoms with van der Waals surface area (Å²) in [6, 6.07) is 1.60. The van der Waals surface area contributed by atoms with Gasteiger partial charge in [-0.05, 0) is 6.07 Å². The maximum absolute atomic E-state index is 11.5. The van der Waals surface area contributed by atoms with E-state index in [0.717, 1.165) is 12.2 Å². The SMILES string of the molecule is CCc1nccn1Cc1occc1C(=O)NN. The molecule has 2 aromatic rings. The van der Waals surface area contributed by atoms with Crippen LogP contribution in [0.3, 0.4) is 0 Å². The number of aromatic nitrogens is 2. The van der Waals surface area contributed by atoms with E-state index in [4.69, 9.17) is 10.3 Å². The third-order valence-electron chi connectivity index (χ3n) is 2.55. The fourth-order valence-electron chi connectivity index (χ4n) is 1.70. The number of hydrazine groups is 1. The van der Waals surface area contributed by atoms with Crippen molar-refractivity contribution in [3.8, 4) is 0 Å². The van der Waals surface area contributed by atoms with Gasteiger partial charge in [0, 0.05) is 18.8 Å². The van der Waals surface area contributed by atoms with E-state index in [2.05, 4.69) is 10.4 Å². The number of nitrogens with one attached hydrogen (secondary N) is 1. The average Bonchev–Trinajstić information content (AvgIpc) is 2.97. The molecule has 17 heavy (non-hydrogen) atoms. The number of amides is 1. The van der Waals surface area contributed by atoms with E-state index in [1.807, 2.05) is 17.7 Å². The van der Waals surface area contributed by atoms with Gasteiger partial charge < -0.3 is 8.98 Å². The van der Waals surface area contributed by atoms with E-state index in [0.29, 0.717) is 17.9 Å². The van der Waals surface area contributed by atoms with E-state index >= 15 is 0 Å². The van der Waals surface area contributed by atoms with Gasteiger partial charge in [0.2, 0.25) is 0 Å². The Bertz CT molecular complexity index is 515. The van der Waals surface area contributed by atoms with Gasteiger partial charge in [-0.15, -0.1) is 0 Å². The molecule has 6 heteroatoms. The minimum atomic E-state index is -0.355. The fraction of sp³-hybridized carbons (Fsp3) is 0.273. The van der Waals surface area contributed by atoms with Gasteiger partial charge in [-0.25, -0.2) is 10.8 Å². The van der Waals surface area contributed by atoms with Crippen LogP contribution in [0.4, 0.5) is 0 Å². The summed E-state index contributed by atoms with van der Waals surface area (Å²) >= 11 is 0. The lowest BCUT2D eigenvalue weighted by atomic mass is 10.2. The number of hydrogen-bond donors (Lipinski definition) is 2. The summed E-state index contributed by atoms with van der Waals surface area (Å²) in [6.45, 7) is 2.49. The maximum Gasteiger partial charge on any atom is 0.268 e. The van der Waals surface area contributed by atoms with E-state index in [1.165, 1.54) is 6.26 Å². The zero-order chi connectivity index (χ0) is 12.3. The second kappa shape index (κ2) is 4.84. The third-order valence-corrected chi connectivity index (χ3v) is 2.55. The molecule has 2 rings (SSSR count). The van der Waals surface area contributed by atoms with Crippen LogP contribution in [0.5, 0.6) is 0 Å². The molecule has 0 aliphatic carbocycles. The minimum absolute atomic E-state index is 0.355. The van der Waals surface area contributed by atoms with E-state index in [9.17, 15) is 4.79 Å². The van der Waals surface area contributed by atoms with Crippen molar-refractivity contribution in [3.05, 3.63) is 41.9 Å². The van der Waals surface area contributed by atoms with Crippen molar-refractivity contribution >= 4 is 5.91 Å². The average molecular weight is 234 g/mol. The number of nitrogen functional groups attached to an aromatic ring is 1. The zero-order valence-corrected chi connectivity index (χ0v) is 9.51. The standard InChI is InChI=1S/C11H14N4O2/c1-2-10-13-4-5-15(10)7-9-8(3-6-17-9)11(16)14-12/h3-6H,2,7,12H2,1H3,(H,14,16). The highest BCUT2D eigenvalue weighted by Crippen LogP contribution is 2.13. The van der Waals surface area contributed by atoms with Crippen molar-refractivity contribution in [2.45, 2.75) is 19.9 Å². The van der Waals surface area contributed by atoms with Crippen LogP contribution in [-0.2, 0) is 13.0 Å². The van der Waals surface area contributed by atoms with E-state index in [-0.39, 0.29) is 5.91 Å². The van der Waals surface area contributed by atoms with Crippen molar-refractivity contribution in [3.63, 3.8) is 0 Å². The number of nitrogens with two attached hydrogens (primary N) is 1. The minimum Gasteiger partial charge on any atom is -0.467 e. The molecule has 0 aliphatic heterocycles. The first kappa shape index (κ1) is 11.4. The quantitative estimate of drug-likeness (QED) is 0.463. The summed E-state index contributed by atoms with van der Waals surface area (Å²) in [4.78, 5) is 15.7. The van der Waals surface area contributed by atoms with Crippen molar-refractivity contribution < 1.29 is 9.21 Å². The van der Waals surface area contributed by atoms with Crippen LogP contribution in [0.1, 0.15) is 28.9 Å². The molecule has 0 saturated heterocycles. The number of imidazole rings is 1. The molecule has 0 radical (unpaired) electrons. The molecule has 0 atom stereocenters. The third kappa shape index (κ3) is 2.21. The lowest BCUT2D eigenvalue weighted by molar-refractivity contribution is 0.0951. The van der Waals surface area contributed by atoms with Gasteiger partial charge in [-0.2, -0.15) is 0 Å². The van der Waals surface area contributed by atoms with Gasteiger partial charge in [0.05, 0.1) is 18.4 Å². The van der Waals surface area contributed by atoms with Crippen molar-refractivity contribution in [1.29, 1.82) is 0 Å². The molecule has 2 aromatic heterocycles. The van der Waals surface area contributed by atoms with Crippen molar-refractivity contribution in [2.24, 2.45) is 5.84 Å². The predicted octanol–water partition coefficient (Wildman–Crippen LogP) is 0.690. The summed E-state index contributed by atoms with van der Waals surface area (Å²) in [6.07, 6.45) is 5.88. The highest BCUT2D eigenvalue weighted by molar-refractivity contribution is 5.94. The highest BCUT2D eigenvalue weighted by Gasteiger charge is 2.14. The molecule has 3 N–H and O–H groups in total. The van der Waals surface area contributed by atoms with Gasteiger partial charge >= 0.3 is 0 Å². The first-order valence-electron chi connectivity index (χ1n) is 5.33. The number of carbonyl (C=O) groups is 1. The molecule has 0 bridgehead atoms. The first-order valence-corrected chi connectivity index (χ1v) is 5.33. The number of hydrogen-bond acceptors (Lipinski definition) is 4. The van der Waals surface area contributed by atoms with Gasteiger partial charge in [-0.1, -0.05) is 6.92 Å². The lowest BCUT2D eigenvalue weighted by Crippen LogP contribution is -2.30. The van der Waals surface area contributed by atoms with Crippen LogP contribution in [0.2, 0.25) is 0 Å². The summed E-state index contributed by atoms with van der Waals surface area (Å²) < 4.78 is 7.23. The molecule has 0 saturated carbocycles. The van der Waals surface area contributed by atoms with Crippen LogP contribution < -0.4 is 11.3 Å². The number of nitrogens with zero attached hydrogens (tertiary/aromatic N) is 2. The van der Waals surface area contributed by atoms with Gasteiger partial charge in [0.25, 0.3) is 5.91 Å². The lowest BCUT2D eigenvalue weighted by Gasteiger charge is -2.05. The van der Waals surface area contributed by atoms with E-state index < -0.39 is 0 Å². The van der Waals surface area contributed by atoms with E-state index in [1.54, 1.807) is 12.3 Å². The second-order valence-electron chi connectivity index (χ2n) is 3.56. The molecule has 6 nitrogen and oxygen atoms in total. The molecule has 0 aliphatic rings. The van der Waals surface area contributed by atoms with Crippen molar-refractivity contribution in [2.75, 3.05) is 0 Å². The Kier molecular flexibility index (Phi) is 3.24. The monoisotopic (exact) mass is 234 g/mol. The first-order chi connectivity index (χ1) is 8.26. The predicted molar refractivity (Wildman–Crippen MR) is 61.1 cm³/mol. The van der Waals surface area contributed by atoms with Gasteiger partial charge in [-0.3, -0.25) is 10.2 Å². The van der Waals surface area contributed by atoms with Crippen molar-refractivity contribution in [1.82, 2.24) is 15.0 Å².